The smallest absolute Gasteiger partial charge is 0.0450 e. The molecule has 2 heteroatoms. The summed E-state index contributed by atoms with van der Waals surface area (Å²) in [5.74, 6) is 0.205. The van der Waals surface area contributed by atoms with Crippen molar-refractivity contribution in [3.63, 3.8) is 0 Å². The van der Waals surface area contributed by atoms with Gasteiger partial charge in [-0.3, -0.25) is 4.98 Å². The minimum atomic E-state index is -0.0288. The Morgan fingerprint density at radius 1 is 1.00 bits per heavy atom. The zero-order chi connectivity index (χ0) is 14.8. The van der Waals surface area contributed by atoms with E-state index >= 15 is 0 Å². The summed E-state index contributed by atoms with van der Waals surface area (Å²) in [4.78, 5) is 4.40. The van der Waals surface area contributed by atoms with Crippen molar-refractivity contribution in [3.05, 3.63) is 65.5 Å². The molecule has 2 unspecified atom stereocenters. The Morgan fingerprint density at radius 3 is 2.15 bits per heavy atom. The first kappa shape index (κ1) is 14.7. The van der Waals surface area contributed by atoms with Gasteiger partial charge in [-0.1, -0.05) is 58.0 Å². The van der Waals surface area contributed by atoms with Crippen LogP contribution in [-0.4, -0.2) is 4.98 Å². The van der Waals surface area contributed by atoms with Gasteiger partial charge in [-0.2, -0.15) is 0 Å². The van der Waals surface area contributed by atoms with Crippen LogP contribution in [0, 0.1) is 0 Å². The molecular formula is C18H24N2. The third-order valence-electron chi connectivity index (χ3n) is 3.85. The van der Waals surface area contributed by atoms with E-state index in [1.54, 1.807) is 0 Å². The standard InChI is InChI=1S/C18H24N2/c1-13(16-7-5-6-12-20-16)17(19)14-8-10-15(11-9-14)18(2,3)4/h5-13,17H,19H2,1-4H3. The Morgan fingerprint density at radius 2 is 1.65 bits per heavy atom. The van der Waals surface area contributed by atoms with Crippen LogP contribution in [0.3, 0.4) is 0 Å². The topological polar surface area (TPSA) is 38.9 Å². The van der Waals surface area contributed by atoms with Gasteiger partial charge in [0.25, 0.3) is 0 Å². The average Bonchev–Trinajstić information content (AvgIpc) is 2.46. The summed E-state index contributed by atoms with van der Waals surface area (Å²) in [6.45, 7) is 8.79. The summed E-state index contributed by atoms with van der Waals surface area (Å²) in [5, 5.41) is 0. The van der Waals surface area contributed by atoms with E-state index in [0.717, 1.165) is 11.3 Å². The summed E-state index contributed by atoms with van der Waals surface area (Å²) < 4.78 is 0. The molecule has 1 aromatic heterocycles. The summed E-state index contributed by atoms with van der Waals surface area (Å²) in [6, 6.07) is 14.6. The Balaban J connectivity index is 2.19. The van der Waals surface area contributed by atoms with Crippen LogP contribution in [0.25, 0.3) is 0 Å². The molecule has 2 nitrogen and oxygen atoms in total. The fourth-order valence-corrected chi connectivity index (χ4v) is 2.32. The molecule has 106 valence electrons. The SMILES string of the molecule is CC(c1ccccn1)C(N)c1ccc(C(C)(C)C)cc1. The molecule has 1 aromatic carbocycles. The third-order valence-corrected chi connectivity index (χ3v) is 3.85. The van der Waals surface area contributed by atoms with Crippen LogP contribution in [0.5, 0.6) is 0 Å². The van der Waals surface area contributed by atoms with Crippen molar-refractivity contribution < 1.29 is 0 Å². The second-order valence-corrected chi connectivity index (χ2v) is 6.44. The van der Waals surface area contributed by atoms with Crippen molar-refractivity contribution in [1.29, 1.82) is 0 Å². The van der Waals surface area contributed by atoms with Gasteiger partial charge in [0.1, 0.15) is 0 Å². The average molecular weight is 268 g/mol. The molecule has 1 heterocycles. The van der Waals surface area contributed by atoms with Crippen LogP contribution >= 0.6 is 0 Å². The van der Waals surface area contributed by atoms with Gasteiger partial charge in [-0.15, -0.1) is 0 Å². The van der Waals surface area contributed by atoms with Crippen LogP contribution in [0.15, 0.2) is 48.7 Å². The van der Waals surface area contributed by atoms with Crippen molar-refractivity contribution in [3.8, 4) is 0 Å². The van der Waals surface area contributed by atoms with E-state index in [0.29, 0.717) is 0 Å². The lowest BCUT2D eigenvalue weighted by Crippen LogP contribution is -2.19. The zero-order valence-electron chi connectivity index (χ0n) is 12.8. The van der Waals surface area contributed by atoms with E-state index in [4.69, 9.17) is 5.73 Å². The lowest BCUT2D eigenvalue weighted by Gasteiger charge is -2.23. The molecule has 2 atom stereocenters. The van der Waals surface area contributed by atoms with Crippen LogP contribution in [0.1, 0.15) is 56.5 Å². The van der Waals surface area contributed by atoms with Crippen LogP contribution < -0.4 is 5.73 Å². The Labute approximate surface area is 122 Å². The fraction of sp³-hybridized carbons (Fsp3) is 0.389. The Kier molecular flexibility index (Phi) is 4.24. The van der Waals surface area contributed by atoms with E-state index in [9.17, 15) is 0 Å². The van der Waals surface area contributed by atoms with Crippen LogP contribution in [0.2, 0.25) is 0 Å². The second-order valence-electron chi connectivity index (χ2n) is 6.44. The zero-order valence-corrected chi connectivity index (χ0v) is 12.8. The highest BCUT2D eigenvalue weighted by Crippen LogP contribution is 2.29. The van der Waals surface area contributed by atoms with Gasteiger partial charge < -0.3 is 5.73 Å². The quantitative estimate of drug-likeness (QED) is 0.906. The Bertz CT molecular complexity index is 538. The molecular weight excluding hydrogens is 244 g/mol. The van der Waals surface area contributed by atoms with Crippen LogP contribution in [-0.2, 0) is 5.41 Å². The van der Waals surface area contributed by atoms with Crippen molar-refractivity contribution in [2.24, 2.45) is 5.73 Å². The molecule has 0 aliphatic carbocycles. The summed E-state index contributed by atoms with van der Waals surface area (Å²) in [6.07, 6.45) is 1.82. The second kappa shape index (κ2) is 5.76. The lowest BCUT2D eigenvalue weighted by atomic mass is 9.85. The molecule has 0 radical (unpaired) electrons. The van der Waals surface area contributed by atoms with Crippen molar-refractivity contribution in [2.75, 3.05) is 0 Å². The Hall–Kier alpha value is -1.67. The first-order chi connectivity index (χ1) is 9.39. The number of hydrogen-bond acceptors (Lipinski definition) is 2. The normalized spacial score (nSPS) is 14.8. The maximum absolute atomic E-state index is 6.39. The molecule has 2 rings (SSSR count). The predicted octanol–water partition coefficient (Wildman–Crippen LogP) is 4.18. The number of nitrogens with two attached hydrogens (primary N) is 1. The minimum Gasteiger partial charge on any atom is -0.323 e. The van der Waals surface area contributed by atoms with Gasteiger partial charge in [-0.25, -0.2) is 0 Å². The molecule has 0 saturated carbocycles. The molecule has 0 spiro atoms. The molecule has 2 aromatic rings. The van der Waals surface area contributed by atoms with Crippen molar-refractivity contribution in [1.82, 2.24) is 4.98 Å². The largest absolute Gasteiger partial charge is 0.323 e. The van der Waals surface area contributed by atoms with Gasteiger partial charge in [0, 0.05) is 23.9 Å². The van der Waals surface area contributed by atoms with E-state index in [1.807, 2.05) is 24.4 Å². The fourth-order valence-electron chi connectivity index (χ4n) is 2.32. The summed E-state index contributed by atoms with van der Waals surface area (Å²) in [7, 11) is 0. The van der Waals surface area contributed by atoms with E-state index in [-0.39, 0.29) is 17.4 Å². The first-order valence-electron chi connectivity index (χ1n) is 7.16. The number of rotatable bonds is 3. The molecule has 0 saturated heterocycles. The van der Waals surface area contributed by atoms with Gasteiger partial charge in [0.05, 0.1) is 0 Å². The van der Waals surface area contributed by atoms with Gasteiger partial charge in [-0.05, 0) is 28.7 Å². The molecule has 0 fully saturated rings. The van der Waals surface area contributed by atoms with E-state index in [1.165, 1.54) is 5.56 Å². The summed E-state index contributed by atoms with van der Waals surface area (Å²) in [5.41, 5.74) is 10.1. The predicted molar refractivity (Wildman–Crippen MR) is 84.7 cm³/mol. The number of aromatic nitrogens is 1. The van der Waals surface area contributed by atoms with Crippen molar-refractivity contribution >= 4 is 0 Å². The molecule has 0 aliphatic rings. The van der Waals surface area contributed by atoms with Gasteiger partial charge in [0.2, 0.25) is 0 Å². The molecule has 20 heavy (non-hydrogen) atoms. The molecule has 0 amide bonds. The maximum Gasteiger partial charge on any atom is 0.0450 e. The highest BCUT2D eigenvalue weighted by Gasteiger charge is 2.19. The van der Waals surface area contributed by atoms with Crippen LogP contribution in [0.4, 0.5) is 0 Å². The molecule has 0 bridgehead atoms. The van der Waals surface area contributed by atoms with E-state index < -0.39 is 0 Å². The van der Waals surface area contributed by atoms with Crippen molar-refractivity contribution in [2.45, 2.75) is 45.1 Å². The number of nitrogens with zero attached hydrogens (tertiary/aromatic N) is 1. The van der Waals surface area contributed by atoms with E-state index in [2.05, 4.69) is 56.9 Å². The summed E-state index contributed by atoms with van der Waals surface area (Å²) >= 11 is 0. The molecule has 2 N–H and O–H groups in total. The monoisotopic (exact) mass is 268 g/mol. The number of pyridine rings is 1. The molecule has 0 aliphatic heterocycles. The number of hydrogen-bond donors (Lipinski definition) is 1. The van der Waals surface area contributed by atoms with Gasteiger partial charge in [0.15, 0.2) is 0 Å². The lowest BCUT2D eigenvalue weighted by molar-refractivity contribution is 0.576. The highest BCUT2D eigenvalue weighted by molar-refractivity contribution is 5.30. The minimum absolute atomic E-state index is 0.0288. The third kappa shape index (κ3) is 3.26. The number of benzene rings is 1. The highest BCUT2D eigenvalue weighted by atomic mass is 14.7. The maximum atomic E-state index is 6.39. The van der Waals surface area contributed by atoms with Gasteiger partial charge >= 0.3 is 0 Å². The first-order valence-corrected chi connectivity index (χ1v) is 7.16.